The summed E-state index contributed by atoms with van der Waals surface area (Å²) in [4.78, 5) is 13.2. The predicted molar refractivity (Wildman–Crippen MR) is 51.2 cm³/mol. The predicted octanol–water partition coefficient (Wildman–Crippen LogP) is 0.572. The molecular formula is C10H17NO3. The van der Waals surface area contributed by atoms with Crippen molar-refractivity contribution < 1.29 is 14.6 Å². The van der Waals surface area contributed by atoms with Gasteiger partial charge in [0.25, 0.3) is 0 Å². The minimum atomic E-state index is -0.628. The maximum absolute atomic E-state index is 11.0. The van der Waals surface area contributed by atoms with E-state index in [4.69, 9.17) is 9.84 Å². The Morgan fingerprint density at radius 3 is 2.86 bits per heavy atom. The van der Waals surface area contributed by atoms with Gasteiger partial charge < -0.3 is 9.84 Å². The maximum Gasteiger partial charge on any atom is 0.310 e. The van der Waals surface area contributed by atoms with Crippen LogP contribution in [0.1, 0.15) is 19.8 Å². The van der Waals surface area contributed by atoms with Crippen LogP contribution in [0.15, 0.2) is 0 Å². The number of hydrogen-bond donors (Lipinski definition) is 1. The van der Waals surface area contributed by atoms with Crippen LogP contribution in [0.2, 0.25) is 0 Å². The summed E-state index contributed by atoms with van der Waals surface area (Å²) < 4.78 is 5.41. The summed E-state index contributed by atoms with van der Waals surface area (Å²) in [6.07, 6.45) is 1.93. The molecule has 1 N–H and O–H groups in total. The van der Waals surface area contributed by atoms with Crippen LogP contribution in [-0.4, -0.2) is 48.3 Å². The van der Waals surface area contributed by atoms with Gasteiger partial charge in [-0.25, -0.2) is 0 Å². The van der Waals surface area contributed by atoms with Crippen LogP contribution in [0.4, 0.5) is 0 Å². The van der Waals surface area contributed by atoms with E-state index in [1.165, 1.54) is 0 Å². The molecule has 4 nitrogen and oxygen atoms in total. The molecule has 4 heteroatoms. The van der Waals surface area contributed by atoms with E-state index in [2.05, 4.69) is 4.90 Å². The Hall–Kier alpha value is -0.610. The van der Waals surface area contributed by atoms with Gasteiger partial charge in [-0.1, -0.05) is 0 Å². The van der Waals surface area contributed by atoms with Gasteiger partial charge in [0.1, 0.15) is 0 Å². The average molecular weight is 199 g/mol. The summed E-state index contributed by atoms with van der Waals surface area (Å²) in [5, 5.41) is 9.04. The van der Waals surface area contributed by atoms with Crippen LogP contribution < -0.4 is 0 Å². The van der Waals surface area contributed by atoms with Gasteiger partial charge in [-0.2, -0.15) is 0 Å². The number of nitrogens with zero attached hydrogens (tertiary/aromatic N) is 1. The molecule has 0 bridgehead atoms. The van der Waals surface area contributed by atoms with Gasteiger partial charge in [0.15, 0.2) is 0 Å². The Bertz CT molecular complexity index is 238. The van der Waals surface area contributed by atoms with Gasteiger partial charge in [-0.15, -0.1) is 0 Å². The third-order valence-electron chi connectivity index (χ3n) is 3.16. The lowest BCUT2D eigenvalue weighted by Gasteiger charge is -2.32. The lowest BCUT2D eigenvalue weighted by Crippen LogP contribution is -2.45. The molecule has 1 aliphatic heterocycles. The minimum absolute atomic E-state index is 0.244. The van der Waals surface area contributed by atoms with Crippen molar-refractivity contribution >= 4 is 5.97 Å². The average Bonchev–Trinajstić information content (AvgIpc) is 2.85. The van der Waals surface area contributed by atoms with Crippen LogP contribution in [0.25, 0.3) is 0 Å². The van der Waals surface area contributed by atoms with E-state index < -0.39 is 11.4 Å². The third kappa shape index (κ3) is 1.91. The van der Waals surface area contributed by atoms with Gasteiger partial charge >= 0.3 is 5.97 Å². The number of morpholine rings is 1. The normalized spacial score (nSPS) is 31.4. The second kappa shape index (κ2) is 3.51. The number of carbonyl (C=O) groups is 1. The molecule has 0 aromatic heterocycles. The first kappa shape index (κ1) is 9.93. The number of hydrogen-bond acceptors (Lipinski definition) is 3. The molecule has 0 unspecified atom stereocenters. The molecular weight excluding hydrogens is 182 g/mol. The largest absolute Gasteiger partial charge is 0.481 e. The first-order valence-corrected chi connectivity index (χ1v) is 5.20. The van der Waals surface area contributed by atoms with Crippen molar-refractivity contribution in [2.75, 3.05) is 26.2 Å². The lowest BCUT2D eigenvalue weighted by atomic mass is 10.1. The Kier molecular flexibility index (Phi) is 2.49. The van der Waals surface area contributed by atoms with Crippen LogP contribution in [-0.2, 0) is 9.53 Å². The number of carboxylic acids is 1. The molecule has 1 heterocycles. The fourth-order valence-corrected chi connectivity index (χ4v) is 2.05. The van der Waals surface area contributed by atoms with Crippen LogP contribution in [0.5, 0.6) is 0 Å². The van der Waals surface area contributed by atoms with Crippen molar-refractivity contribution in [1.29, 1.82) is 0 Å². The van der Waals surface area contributed by atoms with Gasteiger partial charge in [-0.3, -0.25) is 9.69 Å². The molecule has 0 amide bonds. The number of carboxylic acid groups (broad SMARTS) is 1. The molecule has 1 aliphatic carbocycles. The molecule has 0 radical (unpaired) electrons. The van der Waals surface area contributed by atoms with Crippen molar-refractivity contribution in [2.24, 2.45) is 5.41 Å². The van der Waals surface area contributed by atoms with E-state index in [0.717, 1.165) is 32.5 Å². The molecule has 1 saturated heterocycles. The molecule has 2 rings (SSSR count). The van der Waals surface area contributed by atoms with Gasteiger partial charge in [0, 0.05) is 19.6 Å². The standard InChI is InChI=1S/C10H17NO3/c1-8-6-11(4-5-14-8)7-10(2-3-10)9(12)13/h8H,2-7H2,1H3,(H,12,13)/t8-/m0/s1. The summed E-state index contributed by atoms with van der Waals surface area (Å²) in [7, 11) is 0. The van der Waals surface area contributed by atoms with E-state index in [1.807, 2.05) is 6.92 Å². The highest BCUT2D eigenvalue weighted by Crippen LogP contribution is 2.46. The summed E-state index contributed by atoms with van der Waals surface area (Å²) in [5.74, 6) is -0.628. The highest BCUT2D eigenvalue weighted by Gasteiger charge is 2.51. The number of ether oxygens (including phenoxy) is 1. The number of aliphatic carboxylic acids is 1. The van der Waals surface area contributed by atoms with E-state index in [-0.39, 0.29) is 6.10 Å². The second-order valence-electron chi connectivity index (χ2n) is 4.50. The first-order chi connectivity index (χ1) is 6.62. The Morgan fingerprint density at radius 1 is 1.64 bits per heavy atom. The van der Waals surface area contributed by atoms with E-state index in [1.54, 1.807) is 0 Å². The highest BCUT2D eigenvalue weighted by molar-refractivity contribution is 5.78. The topological polar surface area (TPSA) is 49.8 Å². The fourth-order valence-electron chi connectivity index (χ4n) is 2.05. The summed E-state index contributed by atoms with van der Waals surface area (Å²) in [6.45, 7) is 5.22. The van der Waals surface area contributed by atoms with Crippen molar-refractivity contribution in [3.8, 4) is 0 Å². The zero-order valence-electron chi connectivity index (χ0n) is 8.53. The summed E-state index contributed by atoms with van der Waals surface area (Å²) in [5.41, 5.74) is -0.420. The molecule has 1 saturated carbocycles. The van der Waals surface area contributed by atoms with E-state index in [0.29, 0.717) is 6.54 Å². The molecule has 1 atom stereocenters. The Labute approximate surface area is 83.8 Å². The third-order valence-corrected chi connectivity index (χ3v) is 3.16. The van der Waals surface area contributed by atoms with Crippen molar-refractivity contribution in [1.82, 2.24) is 4.90 Å². The minimum Gasteiger partial charge on any atom is -0.481 e. The fraction of sp³-hybridized carbons (Fsp3) is 0.900. The van der Waals surface area contributed by atoms with Gasteiger partial charge in [-0.05, 0) is 19.8 Å². The molecule has 2 aliphatic rings. The summed E-state index contributed by atoms with van der Waals surface area (Å²) >= 11 is 0. The zero-order chi connectivity index (χ0) is 10.2. The monoisotopic (exact) mass is 199 g/mol. The Morgan fingerprint density at radius 2 is 2.36 bits per heavy atom. The van der Waals surface area contributed by atoms with E-state index >= 15 is 0 Å². The van der Waals surface area contributed by atoms with Crippen molar-refractivity contribution in [3.05, 3.63) is 0 Å². The number of rotatable bonds is 3. The molecule has 14 heavy (non-hydrogen) atoms. The highest BCUT2D eigenvalue weighted by atomic mass is 16.5. The van der Waals surface area contributed by atoms with Crippen molar-refractivity contribution in [3.63, 3.8) is 0 Å². The summed E-state index contributed by atoms with van der Waals surface area (Å²) in [6, 6.07) is 0. The van der Waals surface area contributed by atoms with Gasteiger partial charge in [0.2, 0.25) is 0 Å². The maximum atomic E-state index is 11.0. The molecule has 0 aromatic rings. The zero-order valence-corrected chi connectivity index (χ0v) is 8.53. The quantitative estimate of drug-likeness (QED) is 0.722. The van der Waals surface area contributed by atoms with Crippen LogP contribution in [0, 0.1) is 5.41 Å². The van der Waals surface area contributed by atoms with Crippen LogP contribution in [0.3, 0.4) is 0 Å². The first-order valence-electron chi connectivity index (χ1n) is 5.20. The molecule has 80 valence electrons. The van der Waals surface area contributed by atoms with Crippen molar-refractivity contribution in [2.45, 2.75) is 25.9 Å². The smallest absolute Gasteiger partial charge is 0.310 e. The van der Waals surface area contributed by atoms with Gasteiger partial charge in [0.05, 0.1) is 18.1 Å². The second-order valence-corrected chi connectivity index (χ2v) is 4.50. The van der Waals surface area contributed by atoms with Crippen LogP contribution >= 0.6 is 0 Å². The molecule has 0 aromatic carbocycles. The van der Waals surface area contributed by atoms with E-state index in [9.17, 15) is 4.79 Å². The molecule has 2 fully saturated rings. The lowest BCUT2D eigenvalue weighted by molar-refractivity contribution is -0.145. The Balaban J connectivity index is 1.88. The SMILES string of the molecule is C[C@H]1CN(CC2(C(=O)O)CC2)CCO1. The molecule has 0 spiro atoms.